The third-order valence-electron chi connectivity index (χ3n) is 6.78. The summed E-state index contributed by atoms with van der Waals surface area (Å²) >= 11 is 0. The molecule has 1 aromatic heterocycles. The second kappa shape index (κ2) is 7.77. The van der Waals surface area contributed by atoms with Crippen LogP contribution in [-0.4, -0.2) is 22.8 Å². The highest BCUT2D eigenvalue weighted by molar-refractivity contribution is 6.00. The quantitative estimate of drug-likeness (QED) is 0.388. The summed E-state index contributed by atoms with van der Waals surface area (Å²) < 4.78 is 7.23. The van der Waals surface area contributed by atoms with Crippen LogP contribution in [0.2, 0.25) is 0 Å². The molecule has 5 rings (SSSR count). The number of methoxy groups -OCH3 is 1. The lowest BCUT2D eigenvalue weighted by Crippen LogP contribution is -2.07. The molecule has 2 heterocycles. The van der Waals surface area contributed by atoms with Crippen LogP contribution in [0, 0.1) is 0 Å². The molecular formula is C27H27NO3. The van der Waals surface area contributed by atoms with Crippen LogP contribution in [0.15, 0.2) is 60.4 Å². The van der Waals surface area contributed by atoms with Gasteiger partial charge in [-0.05, 0) is 48.1 Å². The van der Waals surface area contributed by atoms with Crippen LogP contribution in [0.1, 0.15) is 59.5 Å². The van der Waals surface area contributed by atoms with E-state index in [9.17, 15) is 9.90 Å². The number of aliphatic hydroxyl groups is 1. The summed E-state index contributed by atoms with van der Waals surface area (Å²) in [5.41, 5.74) is 7.14. The van der Waals surface area contributed by atoms with Gasteiger partial charge < -0.3 is 14.4 Å². The summed E-state index contributed by atoms with van der Waals surface area (Å²) in [7, 11) is 1.41. The molecule has 1 saturated carbocycles. The highest BCUT2D eigenvalue weighted by Gasteiger charge is 2.29. The van der Waals surface area contributed by atoms with Crippen LogP contribution in [-0.2, 0) is 11.3 Å². The van der Waals surface area contributed by atoms with Gasteiger partial charge in [-0.25, -0.2) is 4.79 Å². The Hall–Kier alpha value is -3.27. The van der Waals surface area contributed by atoms with E-state index in [1.54, 1.807) is 0 Å². The molecule has 3 aromatic rings. The number of aromatic nitrogens is 1. The second-order valence-corrected chi connectivity index (χ2v) is 8.61. The number of ether oxygens (including phenoxy) is 1. The number of benzene rings is 2. The average molecular weight is 414 g/mol. The molecule has 1 aliphatic heterocycles. The van der Waals surface area contributed by atoms with Gasteiger partial charge in [0.1, 0.15) is 5.76 Å². The fourth-order valence-corrected chi connectivity index (χ4v) is 5.30. The van der Waals surface area contributed by atoms with Crippen LogP contribution < -0.4 is 0 Å². The highest BCUT2D eigenvalue weighted by Crippen LogP contribution is 2.46. The molecular weight excluding hydrogens is 386 g/mol. The fraction of sp³-hybridized carbons (Fsp3) is 0.296. The van der Waals surface area contributed by atoms with Crippen LogP contribution >= 0.6 is 0 Å². The Morgan fingerprint density at radius 3 is 2.65 bits per heavy atom. The molecule has 0 bridgehead atoms. The second-order valence-electron chi connectivity index (χ2n) is 8.61. The van der Waals surface area contributed by atoms with E-state index in [0.717, 1.165) is 22.2 Å². The highest BCUT2D eigenvalue weighted by atomic mass is 16.5. The van der Waals surface area contributed by atoms with Crippen molar-refractivity contribution in [2.24, 2.45) is 0 Å². The van der Waals surface area contributed by atoms with Gasteiger partial charge in [0.15, 0.2) is 0 Å². The van der Waals surface area contributed by atoms with Gasteiger partial charge in [-0.2, -0.15) is 0 Å². The average Bonchev–Trinajstić information content (AvgIpc) is 3.01. The van der Waals surface area contributed by atoms with Gasteiger partial charge in [-0.15, -0.1) is 0 Å². The molecule has 0 unspecified atom stereocenters. The van der Waals surface area contributed by atoms with Crippen molar-refractivity contribution in [3.05, 3.63) is 77.1 Å². The van der Waals surface area contributed by atoms with E-state index in [2.05, 4.69) is 35.4 Å². The number of rotatable bonds is 3. The van der Waals surface area contributed by atoms with Gasteiger partial charge in [0.05, 0.1) is 24.9 Å². The third-order valence-corrected chi connectivity index (χ3v) is 6.78. The minimum absolute atomic E-state index is 0.0767. The zero-order chi connectivity index (χ0) is 21.5. The standard InChI is InChI=1S/C27H27NO3/c1-17(29)21-14-19-10-6-7-11-22(19)26-25(18-8-4-3-5-9-18)23-13-12-20(27(30)31-2)15-24(23)28(26)16-21/h6-7,10-15,18,29H,1,3-5,8-9,16H2,2H3. The van der Waals surface area contributed by atoms with E-state index in [-0.39, 0.29) is 11.7 Å². The van der Waals surface area contributed by atoms with Gasteiger partial charge in [0, 0.05) is 22.0 Å². The molecule has 1 fully saturated rings. The minimum atomic E-state index is -0.340. The summed E-state index contributed by atoms with van der Waals surface area (Å²) in [4.78, 5) is 12.3. The van der Waals surface area contributed by atoms with Crippen molar-refractivity contribution in [2.75, 3.05) is 7.11 Å². The number of allylic oxidation sites excluding steroid dienone is 1. The molecule has 158 valence electrons. The van der Waals surface area contributed by atoms with E-state index < -0.39 is 0 Å². The smallest absolute Gasteiger partial charge is 0.337 e. The zero-order valence-electron chi connectivity index (χ0n) is 17.9. The van der Waals surface area contributed by atoms with Gasteiger partial charge in [0.2, 0.25) is 0 Å². The number of fused-ring (bicyclic) bond motifs is 5. The Bertz CT molecular complexity index is 1220. The number of carbonyl (C=O) groups excluding carboxylic acids is 1. The fourth-order valence-electron chi connectivity index (χ4n) is 5.30. The van der Waals surface area contributed by atoms with Crippen molar-refractivity contribution in [3.63, 3.8) is 0 Å². The molecule has 4 nitrogen and oxygen atoms in total. The lowest BCUT2D eigenvalue weighted by atomic mass is 9.81. The Morgan fingerprint density at radius 1 is 1.13 bits per heavy atom. The molecule has 2 aromatic carbocycles. The lowest BCUT2D eigenvalue weighted by molar-refractivity contribution is 0.0601. The largest absolute Gasteiger partial charge is 0.508 e. The maximum absolute atomic E-state index is 12.3. The molecule has 1 aliphatic carbocycles. The SMILES string of the molecule is C=C(O)C1=Cc2ccccc2-c2c(C3CCCCC3)c3ccc(C(=O)OC)cc3n2C1. The van der Waals surface area contributed by atoms with Crippen LogP contribution in [0.25, 0.3) is 28.2 Å². The first kappa shape index (κ1) is 19.7. The third kappa shape index (κ3) is 3.27. The van der Waals surface area contributed by atoms with Crippen LogP contribution in [0.5, 0.6) is 0 Å². The van der Waals surface area contributed by atoms with Crippen molar-refractivity contribution in [1.29, 1.82) is 0 Å². The van der Waals surface area contributed by atoms with E-state index >= 15 is 0 Å². The van der Waals surface area contributed by atoms with Crippen molar-refractivity contribution in [3.8, 4) is 11.3 Å². The number of hydrogen-bond acceptors (Lipinski definition) is 3. The van der Waals surface area contributed by atoms with E-state index in [4.69, 9.17) is 4.74 Å². The predicted molar refractivity (Wildman–Crippen MR) is 124 cm³/mol. The predicted octanol–water partition coefficient (Wildman–Crippen LogP) is 6.61. The maximum Gasteiger partial charge on any atom is 0.337 e. The topological polar surface area (TPSA) is 51.5 Å². The van der Waals surface area contributed by atoms with Crippen LogP contribution in [0.3, 0.4) is 0 Å². The molecule has 0 saturated heterocycles. The molecule has 0 radical (unpaired) electrons. The van der Waals surface area contributed by atoms with Crippen molar-refractivity contribution in [2.45, 2.75) is 44.6 Å². The number of esters is 1. The molecule has 31 heavy (non-hydrogen) atoms. The number of aliphatic hydroxyl groups excluding tert-OH is 1. The normalized spacial score (nSPS) is 16.2. The summed E-state index contributed by atoms with van der Waals surface area (Å²) in [6, 6.07) is 14.2. The number of nitrogens with zero attached hydrogens (tertiary/aromatic N) is 1. The van der Waals surface area contributed by atoms with E-state index in [0.29, 0.717) is 18.0 Å². The van der Waals surface area contributed by atoms with Crippen molar-refractivity contribution < 1.29 is 14.6 Å². The Labute approximate surface area is 182 Å². The van der Waals surface area contributed by atoms with Gasteiger partial charge in [-0.3, -0.25) is 0 Å². The Morgan fingerprint density at radius 2 is 1.90 bits per heavy atom. The monoisotopic (exact) mass is 413 g/mol. The zero-order valence-corrected chi connectivity index (χ0v) is 17.9. The summed E-state index contributed by atoms with van der Waals surface area (Å²) in [5.74, 6) is 0.226. The first-order valence-electron chi connectivity index (χ1n) is 11.0. The van der Waals surface area contributed by atoms with Crippen LogP contribution in [0.4, 0.5) is 0 Å². The molecule has 4 heteroatoms. The summed E-state index contributed by atoms with van der Waals surface area (Å²) in [6.07, 6.45) is 8.18. The maximum atomic E-state index is 12.3. The summed E-state index contributed by atoms with van der Waals surface area (Å²) in [5, 5.41) is 11.5. The first-order chi connectivity index (χ1) is 15.1. The molecule has 1 N–H and O–H groups in total. The Balaban J connectivity index is 1.85. The molecule has 0 spiro atoms. The van der Waals surface area contributed by atoms with E-state index in [1.165, 1.54) is 55.9 Å². The van der Waals surface area contributed by atoms with Gasteiger partial charge >= 0.3 is 5.97 Å². The van der Waals surface area contributed by atoms with Gasteiger partial charge in [0.25, 0.3) is 0 Å². The first-order valence-corrected chi connectivity index (χ1v) is 11.0. The van der Waals surface area contributed by atoms with Crippen molar-refractivity contribution in [1.82, 2.24) is 4.57 Å². The summed E-state index contributed by atoms with van der Waals surface area (Å²) in [6.45, 7) is 4.31. The molecule has 0 amide bonds. The van der Waals surface area contributed by atoms with Crippen molar-refractivity contribution >= 4 is 22.9 Å². The number of carbonyl (C=O) groups is 1. The van der Waals surface area contributed by atoms with Gasteiger partial charge in [-0.1, -0.05) is 56.2 Å². The molecule has 0 atom stereocenters. The van der Waals surface area contributed by atoms with E-state index in [1.807, 2.05) is 24.3 Å². The minimum Gasteiger partial charge on any atom is -0.508 e. The molecule has 2 aliphatic rings. The lowest BCUT2D eigenvalue weighted by Gasteiger charge is -2.24. The number of hydrogen-bond donors (Lipinski definition) is 1. The Kier molecular flexibility index (Phi) is 4.93.